The Balaban J connectivity index is 1.94. The molecule has 1 N–H and O–H groups in total. The monoisotopic (exact) mass is 307 g/mol. The van der Waals surface area contributed by atoms with Crippen LogP contribution in [0.5, 0.6) is 0 Å². The Labute approximate surface area is 131 Å². The fourth-order valence-corrected chi connectivity index (χ4v) is 3.62. The largest absolute Gasteiger partial charge is 0.481 e. The molecule has 116 valence electrons. The number of hydrogen-bond donors (Lipinski definition) is 1. The number of carboxylic acids is 1. The Morgan fingerprint density at radius 2 is 1.90 bits per heavy atom. The Bertz CT molecular complexity index is 441. The van der Waals surface area contributed by atoms with E-state index >= 15 is 0 Å². The molecule has 1 saturated heterocycles. The molecule has 4 heteroatoms. The average Bonchev–Trinajstić information content (AvgIpc) is 2.53. The van der Waals surface area contributed by atoms with Crippen LogP contribution in [0.1, 0.15) is 31.2 Å². The number of carboxylic acid groups (broad SMARTS) is 1. The lowest BCUT2D eigenvalue weighted by Gasteiger charge is -2.39. The van der Waals surface area contributed by atoms with Crippen molar-refractivity contribution in [3.05, 3.63) is 35.9 Å². The van der Waals surface area contributed by atoms with Gasteiger partial charge in [0.1, 0.15) is 0 Å². The van der Waals surface area contributed by atoms with Crippen molar-refractivity contribution in [3.8, 4) is 0 Å². The second-order valence-electron chi connectivity index (χ2n) is 5.79. The molecule has 0 amide bonds. The Kier molecular flexibility index (Phi) is 6.12. The van der Waals surface area contributed by atoms with Crippen molar-refractivity contribution in [2.45, 2.75) is 31.1 Å². The van der Waals surface area contributed by atoms with E-state index in [1.807, 2.05) is 42.1 Å². The maximum atomic E-state index is 11.9. The second-order valence-corrected chi connectivity index (χ2v) is 6.78. The van der Waals surface area contributed by atoms with E-state index in [1.165, 1.54) is 18.6 Å². The lowest BCUT2D eigenvalue weighted by Crippen LogP contribution is -2.47. The molecule has 0 aliphatic carbocycles. The molecule has 0 bridgehead atoms. The van der Waals surface area contributed by atoms with E-state index < -0.39 is 11.4 Å². The zero-order valence-corrected chi connectivity index (χ0v) is 13.6. The first kappa shape index (κ1) is 16.4. The SMILES string of the molecule is CSCCCCN1CCC(C(=O)O)(c2ccccc2)CC1. The molecule has 0 saturated carbocycles. The predicted octanol–water partition coefficient (Wildman–Crippen LogP) is 3.25. The standard InChI is InChI=1S/C17H25NO2S/c1-21-14-6-5-11-18-12-9-17(10-13-18,16(19)20)15-7-3-2-4-8-15/h2-4,7-8H,5-6,9-14H2,1H3,(H,19,20). The van der Waals surface area contributed by atoms with E-state index in [-0.39, 0.29) is 0 Å². The molecule has 1 heterocycles. The highest BCUT2D eigenvalue weighted by atomic mass is 32.2. The molecule has 3 nitrogen and oxygen atoms in total. The average molecular weight is 307 g/mol. The number of piperidine rings is 1. The number of aliphatic carboxylic acids is 1. The number of unbranched alkanes of at least 4 members (excludes halogenated alkanes) is 1. The van der Waals surface area contributed by atoms with Gasteiger partial charge >= 0.3 is 5.97 Å². The van der Waals surface area contributed by atoms with E-state index in [9.17, 15) is 9.90 Å². The molecule has 1 aromatic rings. The first-order valence-electron chi connectivity index (χ1n) is 7.69. The summed E-state index contributed by atoms with van der Waals surface area (Å²) in [5.41, 5.74) is 0.274. The van der Waals surface area contributed by atoms with Crippen molar-refractivity contribution in [2.75, 3.05) is 31.6 Å². The zero-order chi connectivity index (χ0) is 15.1. The second kappa shape index (κ2) is 7.85. The third kappa shape index (κ3) is 4.01. The Morgan fingerprint density at radius 1 is 1.24 bits per heavy atom. The molecule has 1 aromatic carbocycles. The van der Waals surface area contributed by atoms with Gasteiger partial charge in [-0.1, -0.05) is 30.3 Å². The van der Waals surface area contributed by atoms with Crippen LogP contribution in [0, 0.1) is 0 Å². The number of thioether (sulfide) groups is 1. The highest BCUT2D eigenvalue weighted by Gasteiger charge is 2.42. The molecule has 0 radical (unpaired) electrons. The van der Waals surface area contributed by atoms with Gasteiger partial charge in [-0.3, -0.25) is 4.79 Å². The molecule has 1 fully saturated rings. The van der Waals surface area contributed by atoms with Crippen LogP contribution in [0.2, 0.25) is 0 Å². The van der Waals surface area contributed by atoms with Crippen molar-refractivity contribution in [1.29, 1.82) is 0 Å². The Hall–Kier alpha value is -1.00. The minimum absolute atomic E-state index is 0.671. The molecule has 2 rings (SSSR count). The number of carbonyl (C=O) groups is 1. The van der Waals surface area contributed by atoms with Gasteiger partial charge < -0.3 is 10.0 Å². The topological polar surface area (TPSA) is 40.5 Å². The normalized spacial score (nSPS) is 18.5. The zero-order valence-electron chi connectivity index (χ0n) is 12.8. The van der Waals surface area contributed by atoms with E-state index in [4.69, 9.17) is 0 Å². The molecule has 0 aromatic heterocycles. The first-order valence-corrected chi connectivity index (χ1v) is 9.08. The van der Waals surface area contributed by atoms with Crippen LogP contribution >= 0.6 is 11.8 Å². The summed E-state index contributed by atoms with van der Waals surface area (Å²) in [5.74, 6) is 0.549. The van der Waals surface area contributed by atoms with Gasteiger partial charge in [-0.25, -0.2) is 0 Å². The van der Waals surface area contributed by atoms with Crippen LogP contribution in [0.3, 0.4) is 0 Å². The van der Waals surface area contributed by atoms with E-state index in [0.717, 1.165) is 38.0 Å². The van der Waals surface area contributed by atoms with Gasteiger partial charge in [0.2, 0.25) is 0 Å². The fraction of sp³-hybridized carbons (Fsp3) is 0.588. The molecule has 0 unspecified atom stereocenters. The van der Waals surface area contributed by atoms with Crippen molar-refractivity contribution < 1.29 is 9.90 Å². The number of hydrogen-bond acceptors (Lipinski definition) is 3. The summed E-state index contributed by atoms with van der Waals surface area (Å²) in [5, 5.41) is 9.75. The van der Waals surface area contributed by atoms with E-state index in [2.05, 4.69) is 11.2 Å². The smallest absolute Gasteiger partial charge is 0.314 e. The molecule has 1 aliphatic heterocycles. The van der Waals surface area contributed by atoms with Crippen molar-refractivity contribution >= 4 is 17.7 Å². The molecule has 0 spiro atoms. The van der Waals surface area contributed by atoms with Gasteiger partial charge in [-0.15, -0.1) is 0 Å². The number of nitrogens with zero attached hydrogens (tertiary/aromatic N) is 1. The first-order chi connectivity index (χ1) is 10.2. The number of likely N-dealkylation sites (tertiary alicyclic amines) is 1. The molecule has 1 aliphatic rings. The summed E-state index contributed by atoms with van der Waals surface area (Å²) in [6.07, 6.45) is 6.04. The third-order valence-corrected chi connectivity index (χ3v) is 5.22. The molecule has 21 heavy (non-hydrogen) atoms. The lowest BCUT2D eigenvalue weighted by atomic mass is 9.73. The molecular weight excluding hydrogens is 282 g/mol. The van der Waals surface area contributed by atoms with Crippen LogP contribution in [-0.4, -0.2) is 47.6 Å². The van der Waals surface area contributed by atoms with Crippen molar-refractivity contribution in [1.82, 2.24) is 4.90 Å². The summed E-state index contributed by atoms with van der Waals surface area (Å²) in [7, 11) is 0. The minimum atomic E-state index is -0.684. The summed E-state index contributed by atoms with van der Waals surface area (Å²) < 4.78 is 0. The highest BCUT2D eigenvalue weighted by molar-refractivity contribution is 7.98. The summed E-state index contributed by atoms with van der Waals surface area (Å²) in [4.78, 5) is 14.3. The van der Waals surface area contributed by atoms with E-state index in [1.54, 1.807) is 0 Å². The summed E-state index contributed by atoms with van der Waals surface area (Å²) >= 11 is 1.89. The van der Waals surface area contributed by atoms with Gasteiger partial charge in [0.15, 0.2) is 0 Å². The quantitative estimate of drug-likeness (QED) is 0.785. The Morgan fingerprint density at radius 3 is 2.48 bits per heavy atom. The maximum Gasteiger partial charge on any atom is 0.314 e. The van der Waals surface area contributed by atoms with Crippen LogP contribution < -0.4 is 0 Å². The van der Waals surface area contributed by atoms with Crippen molar-refractivity contribution in [3.63, 3.8) is 0 Å². The minimum Gasteiger partial charge on any atom is -0.481 e. The van der Waals surface area contributed by atoms with Gasteiger partial charge in [0.25, 0.3) is 0 Å². The van der Waals surface area contributed by atoms with Crippen molar-refractivity contribution in [2.24, 2.45) is 0 Å². The van der Waals surface area contributed by atoms with Crippen LogP contribution in [0.4, 0.5) is 0 Å². The molecule has 0 atom stereocenters. The predicted molar refractivity (Wildman–Crippen MR) is 89.0 cm³/mol. The van der Waals surface area contributed by atoms with Crippen LogP contribution in [0.15, 0.2) is 30.3 Å². The maximum absolute atomic E-state index is 11.9. The lowest BCUT2D eigenvalue weighted by molar-refractivity contribution is -0.146. The van der Waals surface area contributed by atoms with Crippen LogP contribution in [-0.2, 0) is 10.2 Å². The summed E-state index contributed by atoms with van der Waals surface area (Å²) in [6, 6.07) is 9.74. The fourth-order valence-electron chi connectivity index (χ4n) is 3.12. The number of rotatable bonds is 7. The number of benzene rings is 1. The van der Waals surface area contributed by atoms with E-state index in [0.29, 0.717) is 0 Å². The van der Waals surface area contributed by atoms with Gasteiger partial charge in [-0.2, -0.15) is 11.8 Å². The highest BCUT2D eigenvalue weighted by Crippen LogP contribution is 2.35. The van der Waals surface area contributed by atoms with Crippen LogP contribution in [0.25, 0.3) is 0 Å². The third-order valence-electron chi connectivity index (χ3n) is 4.52. The molecular formula is C17H25NO2S. The van der Waals surface area contributed by atoms with Gasteiger partial charge in [0.05, 0.1) is 5.41 Å². The summed E-state index contributed by atoms with van der Waals surface area (Å²) in [6.45, 7) is 2.88. The van der Waals surface area contributed by atoms with Gasteiger partial charge in [0, 0.05) is 0 Å². The van der Waals surface area contributed by atoms with Gasteiger partial charge in [-0.05, 0) is 62.9 Å².